The third-order valence-electron chi connectivity index (χ3n) is 5.79. The van der Waals surface area contributed by atoms with Crippen LogP contribution in [0.25, 0.3) is 0 Å². The Balaban J connectivity index is 1.71. The van der Waals surface area contributed by atoms with E-state index in [1.54, 1.807) is 35.4 Å². The fourth-order valence-corrected chi connectivity index (χ4v) is 4.21. The molecule has 0 N–H and O–H groups in total. The molecule has 1 fully saturated rings. The standard InChI is InChI=1S/C24H32N2O5/c1-17(27)26(20-6-8-23(30-4)24(15-20)31-5)19-10-12-25(13-11-19)16-18-14-21(28-2)7-9-22(18)29-3/h6-9,14-15,19H,10-13,16H2,1-5H3. The predicted octanol–water partition coefficient (Wildman–Crippen LogP) is 3.74. The van der Waals surface area contributed by atoms with E-state index in [0.717, 1.165) is 55.2 Å². The van der Waals surface area contributed by atoms with Crippen molar-refractivity contribution in [3.8, 4) is 23.0 Å². The maximum atomic E-state index is 12.5. The molecule has 1 saturated heterocycles. The van der Waals surface area contributed by atoms with Gasteiger partial charge >= 0.3 is 0 Å². The van der Waals surface area contributed by atoms with E-state index in [1.165, 1.54) is 0 Å². The third-order valence-corrected chi connectivity index (χ3v) is 5.79. The summed E-state index contributed by atoms with van der Waals surface area (Å²) in [4.78, 5) is 16.8. The number of amides is 1. The van der Waals surface area contributed by atoms with Crippen LogP contribution in [0.3, 0.4) is 0 Å². The van der Waals surface area contributed by atoms with Gasteiger partial charge in [0.2, 0.25) is 5.91 Å². The second-order valence-electron chi connectivity index (χ2n) is 7.61. The van der Waals surface area contributed by atoms with Gasteiger partial charge in [0.25, 0.3) is 0 Å². The molecule has 0 aliphatic carbocycles. The van der Waals surface area contributed by atoms with Gasteiger partial charge in [-0.1, -0.05) is 0 Å². The van der Waals surface area contributed by atoms with Crippen LogP contribution in [0.15, 0.2) is 36.4 Å². The monoisotopic (exact) mass is 428 g/mol. The molecule has 2 aromatic carbocycles. The van der Waals surface area contributed by atoms with E-state index >= 15 is 0 Å². The molecule has 0 saturated carbocycles. The maximum Gasteiger partial charge on any atom is 0.224 e. The molecule has 3 rings (SSSR count). The molecule has 0 atom stereocenters. The summed E-state index contributed by atoms with van der Waals surface area (Å²) in [6.07, 6.45) is 1.78. The molecular weight excluding hydrogens is 396 g/mol. The van der Waals surface area contributed by atoms with Crippen LogP contribution >= 0.6 is 0 Å². The Labute approximate surface area is 184 Å². The van der Waals surface area contributed by atoms with Crippen LogP contribution in [0.2, 0.25) is 0 Å². The first-order valence-corrected chi connectivity index (χ1v) is 10.5. The first kappa shape index (κ1) is 22.7. The van der Waals surface area contributed by atoms with Crippen LogP contribution < -0.4 is 23.8 Å². The number of ether oxygens (including phenoxy) is 4. The zero-order valence-corrected chi connectivity index (χ0v) is 19.0. The summed E-state index contributed by atoms with van der Waals surface area (Å²) >= 11 is 0. The predicted molar refractivity (Wildman–Crippen MR) is 121 cm³/mol. The number of nitrogens with zero attached hydrogens (tertiary/aromatic N) is 2. The van der Waals surface area contributed by atoms with Crippen LogP contribution in [-0.4, -0.2) is 58.4 Å². The summed E-state index contributed by atoms with van der Waals surface area (Å²) in [5.74, 6) is 2.98. The summed E-state index contributed by atoms with van der Waals surface area (Å²) in [6, 6.07) is 11.6. The largest absolute Gasteiger partial charge is 0.497 e. The molecule has 7 nitrogen and oxygen atoms in total. The molecule has 0 bridgehead atoms. The van der Waals surface area contributed by atoms with Gasteiger partial charge < -0.3 is 23.8 Å². The Morgan fingerprint density at radius 3 is 2.13 bits per heavy atom. The highest BCUT2D eigenvalue weighted by atomic mass is 16.5. The van der Waals surface area contributed by atoms with Crippen molar-refractivity contribution in [3.05, 3.63) is 42.0 Å². The molecule has 0 aromatic heterocycles. The normalized spacial score (nSPS) is 14.7. The highest BCUT2D eigenvalue weighted by Gasteiger charge is 2.28. The fraction of sp³-hybridized carbons (Fsp3) is 0.458. The molecule has 0 spiro atoms. The van der Waals surface area contributed by atoms with Crippen LogP contribution in [-0.2, 0) is 11.3 Å². The molecule has 168 valence electrons. The summed E-state index contributed by atoms with van der Waals surface area (Å²) < 4.78 is 21.6. The molecule has 1 aliphatic heterocycles. The Bertz CT molecular complexity index is 894. The van der Waals surface area contributed by atoms with E-state index in [4.69, 9.17) is 18.9 Å². The highest BCUT2D eigenvalue weighted by Crippen LogP contribution is 2.34. The van der Waals surface area contributed by atoms with Crippen molar-refractivity contribution >= 4 is 11.6 Å². The molecule has 0 unspecified atom stereocenters. The maximum absolute atomic E-state index is 12.5. The van der Waals surface area contributed by atoms with Crippen molar-refractivity contribution in [2.45, 2.75) is 32.4 Å². The number of likely N-dealkylation sites (tertiary alicyclic amines) is 1. The van der Waals surface area contributed by atoms with Gasteiger partial charge in [-0.3, -0.25) is 9.69 Å². The van der Waals surface area contributed by atoms with Gasteiger partial charge in [-0.15, -0.1) is 0 Å². The lowest BCUT2D eigenvalue weighted by Crippen LogP contribution is -2.46. The fourth-order valence-electron chi connectivity index (χ4n) is 4.21. The first-order chi connectivity index (χ1) is 15.0. The lowest BCUT2D eigenvalue weighted by atomic mass is 10.0. The van der Waals surface area contributed by atoms with Crippen molar-refractivity contribution in [2.24, 2.45) is 0 Å². The minimum absolute atomic E-state index is 0.0279. The van der Waals surface area contributed by atoms with E-state index in [-0.39, 0.29) is 11.9 Å². The van der Waals surface area contributed by atoms with Gasteiger partial charge in [0.1, 0.15) is 11.5 Å². The number of carbonyl (C=O) groups is 1. The number of methoxy groups -OCH3 is 4. The van der Waals surface area contributed by atoms with Gasteiger partial charge in [0.05, 0.1) is 28.4 Å². The van der Waals surface area contributed by atoms with Gasteiger partial charge in [-0.05, 0) is 43.2 Å². The van der Waals surface area contributed by atoms with Crippen LogP contribution in [0.4, 0.5) is 5.69 Å². The molecular formula is C24H32N2O5. The number of hydrogen-bond donors (Lipinski definition) is 0. The summed E-state index contributed by atoms with van der Waals surface area (Å²) in [6.45, 7) is 4.18. The van der Waals surface area contributed by atoms with Gasteiger partial charge in [-0.25, -0.2) is 0 Å². The first-order valence-electron chi connectivity index (χ1n) is 10.5. The number of carbonyl (C=O) groups excluding carboxylic acids is 1. The molecule has 31 heavy (non-hydrogen) atoms. The van der Waals surface area contributed by atoms with Crippen LogP contribution in [0, 0.1) is 0 Å². The van der Waals surface area contributed by atoms with E-state index in [9.17, 15) is 4.79 Å². The third kappa shape index (κ3) is 5.22. The zero-order chi connectivity index (χ0) is 22.4. The molecule has 1 aliphatic rings. The number of piperidine rings is 1. The Morgan fingerprint density at radius 1 is 0.903 bits per heavy atom. The Morgan fingerprint density at radius 2 is 1.55 bits per heavy atom. The highest BCUT2D eigenvalue weighted by molar-refractivity contribution is 5.92. The summed E-state index contributed by atoms with van der Waals surface area (Å²) in [5, 5.41) is 0. The van der Waals surface area contributed by atoms with Crippen molar-refractivity contribution in [2.75, 3.05) is 46.4 Å². The van der Waals surface area contributed by atoms with E-state index < -0.39 is 0 Å². The summed E-state index contributed by atoms with van der Waals surface area (Å²) in [5.41, 5.74) is 1.93. The second kappa shape index (κ2) is 10.4. The SMILES string of the molecule is COc1ccc(OC)c(CN2CCC(N(C(C)=O)c3ccc(OC)c(OC)c3)CC2)c1. The Kier molecular flexibility index (Phi) is 7.63. The minimum Gasteiger partial charge on any atom is -0.497 e. The number of anilines is 1. The zero-order valence-electron chi connectivity index (χ0n) is 19.0. The van der Waals surface area contributed by atoms with Gasteiger partial charge in [0.15, 0.2) is 11.5 Å². The smallest absolute Gasteiger partial charge is 0.224 e. The van der Waals surface area contributed by atoms with E-state index in [1.807, 2.05) is 41.3 Å². The Hall–Kier alpha value is -2.93. The average Bonchev–Trinajstić information content (AvgIpc) is 2.79. The van der Waals surface area contributed by atoms with Crippen molar-refractivity contribution in [1.82, 2.24) is 4.90 Å². The van der Waals surface area contributed by atoms with Crippen LogP contribution in [0.1, 0.15) is 25.3 Å². The lowest BCUT2D eigenvalue weighted by molar-refractivity contribution is -0.117. The van der Waals surface area contributed by atoms with Crippen molar-refractivity contribution in [3.63, 3.8) is 0 Å². The van der Waals surface area contributed by atoms with Crippen LogP contribution in [0.5, 0.6) is 23.0 Å². The number of benzene rings is 2. The topological polar surface area (TPSA) is 60.5 Å². The minimum atomic E-state index is 0.0279. The van der Waals surface area contributed by atoms with Crippen molar-refractivity contribution in [1.29, 1.82) is 0 Å². The summed E-state index contributed by atoms with van der Waals surface area (Å²) in [7, 11) is 6.56. The molecule has 1 amide bonds. The molecule has 7 heteroatoms. The lowest BCUT2D eigenvalue weighted by Gasteiger charge is -2.38. The molecule has 0 radical (unpaired) electrons. The number of hydrogen-bond acceptors (Lipinski definition) is 6. The quantitative estimate of drug-likeness (QED) is 0.638. The van der Waals surface area contributed by atoms with Gasteiger partial charge in [0, 0.05) is 49.9 Å². The number of rotatable bonds is 8. The van der Waals surface area contributed by atoms with Gasteiger partial charge in [-0.2, -0.15) is 0 Å². The molecule has 1 heterocycles. The second-order valence-corrected chi connectivity index (χ2v) is 7.61. The van der Waals surface area contributed by atoms with Crippen molar-refractivity contribution < 1.29 is 23.7 Å². The van der Waals surface area contributed by atoms with E-state index in [2.05, 4.69) is 4.90 Å². The average molecular weight is 429 g/mol. The van der Waals surface area contributed by atoms with E-state index in [0.29, 0.717) is 11.5 Å². The molecule has 2 aromatic rings.